The SMILES string of the molecule is CO[Si](OC)O[SiH2]C1CCCC1. The summed E-state index contributed by atoms with van der Waals surface area (Å²) in [5.41, 5.74) is 0.885. The van der Waals surface area contributed by atoms with E-state index in [9.17, 15) is 0 Å². The fourth-order valence-electron chi connectivity index (χ4n) is 1.56. The molecule has 3 nitrogen and oxygen atoms in total. The van der Waals surface area contributed by atoms with E-state index >= 15 is 0 Å². The van der Waals surface area contributed by atoms with Gasteiger partial charge in [-0.05, 0) is 5.54 Å². The smallest absolute Gasteiger partial charge is 0.419 e. The van der Waals surface area contributed by atoms with Crippen LogP contribution in [0.15, 0.2) is 0 Å². The summed E-state index contributed by atoms with van der Waals surface area (Å²) in [4.78, 5) is 0. The monoisotopic (exact) mass is 205 g/mol. The fourth-order valence-corrected chi connectivity index (χ4v) is 5.07. The van der Waals surface area contributed by atoms with Crippen molar-refractivity contribution in [3.63, 3.8) is 0 Å². The lowest BCUT2D eigenvalue weighted by atomic mass is 10.4. The molecule has 1 saturated carbocycles. The topological polar surface area (TPSA) is 27.7 Å². The minimum atomic E-state index is -1.35. The molecule has 71 valence electrons. The predicted molar refractivity (Wildman–Crippen MR) is 51.6 cm³/mol. The predicted octanol–water partition coefficient (Wildman–Crippen LogP) is 0.727. The van der Waals surface area contributed by atoms with E-state index in [4.69, 9.17) is 13.0 Å². The third-order valence-corrected chi connectivity index (χ3v) is 5.81. The molecular weight excluding hydrogens is 188 g/mol. The number of rotatable bonds is 5. The Bertz CT molecular complexity index is 111. The van der Waals surface area contributed by atoms with E-state index in [2.05, 4.69) is 0 Å². The molecule has 0 amide bonds. The van der Waals surface area contributed by atoms with E-state index in [0.29, 0.717) is 0 Å². The lowest BCUT2D eigenvalue weighted by Gasteiger charge is -2.12. The van der Waals surface area contributed by atoms with E-state index < -0.39 is 9.53 Å². The van der Waals surface area contributed by atoms with Gasteiger partial charge in [0.25, 0.3) is 0 Å². The molecule has 0 heterocycles. The van der Waals surface area contributed by atoms with Crippen molar-refractivity contribution in [2.24, 2.45) is 0 Å². The molecule has 1 aliphatic carbocycles. The first-order chi connectivity index (χ1) is 5.86. The van der Waals surface area contributed by atoms with Crippen molar-refractivity contribution in [2.75, 3.05) is 14.2 Å². The zero-order valence-electron chi connectivity index (χ0n) is 7.84. The molecule has 1 fully saturated rings. The Morgan fingerprint density at radius 2 is 1.75 bits per heavy atom. The maximum absolute atomic E-state index is 5.62. The van der Waals surface area contributed by atoms with Crippen molar-refractivity contribution in [3.05, 3.63) is 0 Å². The van der Waals surface area contributed by atoms with Gasteiger partial charge in [-0.1, -0.05) is 25.7 Å². The lowest BCUT2D eigenvalue weighted by molar-refractivity contribution is 0.203. The Labute approximate surface area is 78.3 Å². The van der Waals surface area contributed by atoms with Crippen LogP contribution < -0.4 is 0 Å². The first-order valence-electron chi connectivity index (χ1n) is 4.44. The standard InChI is InChI=1S/C7H17O3Si2/c1-8-12(9-2)10-11-7-5-3-4-6-7/h7H,3-6,11H2,1-2H3. The van der Waals surface area contributed by atoms with Gasteiger partial charge in [0.05, 0.1) is 0 Å². The van der Waals surface area contributed by atoms with Gasteiger partial charge in [0.15, 0.2) is 9.76 Å². The van der Waals surface area contributed by atoms with Gasteiger partial charge >= 0.3 is 9.53 Å². The second-order valence-corrected chi connectivity index (χ2v) is 7.08. The van der Waals surface area contributed by atoms with E-state index in [0.717, 1.165) is 5.54 Å². The van der Waals surface area contributed by atoms with Gasteiger partial charge in [0.2, 0.25) is 0 Å². The van der Waals surface area contributed by atoms with Gasteiger partial charge in [-0.15, -0.1) is 0 Å². The average molecular weight is 205 g/mol. The maximum Gasteiger partial charge on any atom is 0.565 e. The zero-order chi connectivity index (χ0) is 8.81. The largest absolute Gasteiger partial charge is 0.565 e. The van der Waals surface area contributed by atoms with Crippen LogP contribution in [-0.4, -0.2) is 33.5 Å². The Balaban J connectivity index is 2.06. The summed E-state index contributed by atoms with van der Waals surface area (Å²) < 4.78 is 15.7. The van der Waals surface area contributed by atoms with Crippen molar-refractivity contribution in [3.8, 4) is 0 Å². The van der Waals surface area contributed by atoms with Crippen LogP contribution >= 0.6 is 0 Å². The molecule has 1 aliphatic rings. The zero-order valence-corrected chi connectivity index (χ0v) is 10.3. The molecule has 0 atom stereocenters. The quantitative estimate of drug-likeness (QED) is 0.619. The molecular formula is C7H17O3Si2. The third kappa shape index (κ3) is 3.36. The highest BCUT2D eigenvalue weighted by Crippen LogP contribution is 2.29. The Kier molecular flexibility index (Phi) is 5.09. The summed E-state index contributed by atoms with van der Waals surface area (Å²) in [5, 5.41) is 0. The van der Waals surface area contributed by atoms with Gasteiger partial charge in [-0.25, -0.2) is 0 Å². The molecule has 0 spiro atoms. The van der Waals surface area contributed by atoms with Crippen LogP contribution in [0.3, 0.4) is 0 Å². The Morgan fingerprint density at radius 3 is 2.25 bits per heavy atom. The Morgan fingerprint density at radius 1 is 1.17 bits per heavy atom. The fraction of sp³-hybridized carbons (Fsp3) is 1.00. The van der Waals surface area contributed by atoms with Crippen LogP contribution in [0.1, 0.15) is 25.7 Å². The van der Waals surface area contributed by atoms with Gasteiger partial charge in [-0.2, -0.15) is 0 Å². The molecule has 0 bridgehead atoms. The summed E-state index contributed by atoms with van der Waals surface area (Å²) in [6.45, 7) is 0. The number of hydrogen-bond acceptors (Lipinski definition) is 3. The second kappa shape index (κ2) is 5.87. The van der Waals surface area contributed by atoms with Crippen molar-refractivity contribution in [1.29, 1.82) is 0 Å². The van der Waals surface area contributed by atoms with E-state index in [1.165, 1.54) is 25.7 Å². The van der Waals surface area contributed by atoms with Crippen LogP contribution in [0.5, 0.6) is 0 Å². The van der Waals surface area contributed by atoms with Gasteiger partial charge in [0.1, 0.15) is 0 Å². The van der Waals surface area contributed by atoms with Crippen LogP contribution in [0, 0.1) is 0 Å². The Hall–Kier alpha value is 0.314. The van der Waals surface area contributed by atoms with Crippen molar-refractivity contribution in [1.82, 2.24) is 0 Å². The molecule has 0 aromatic rings. The van der Waals surface area contributed by atoms with Gasteiger partial charge < -0.3 is 13.0 Å². The molecule has 0 N–H and O–H groups in total. The summed E-state index contributed by atoms with van der Waals surface area (Å²) in [7, 11) is 1.57. The lowest BCUT2D eigenvalue weighted by Crippen LogP contribution is -2.27. The molecule has 0 unspecified atom stereocenters. The van der Waals surface area contributed by atoms with Crippen molar-refractivity contribution in [2.45, 2.75) is 31.2 Å². The van der Waals surface area contributed by atoms with Crippen LogP contribution in [-0.2, 0) is 13.0 Å². The highest BCUT2D eigenvalue weighted by atomic mass is 28.4. The number of hydrogen-bond donors (Lipinski definition) is 0. The van der Waals surface area contributed by atoms with Gasteiger partial charge in [-0.3, -0.25) is 0 Å². The summed E-state index contributed by atoms with van der Waals surface area (Å²) in [5.74, 6) is 0. The normalized spacial score (nSPS) is 20.2. The maximum atomic E-state index is 5.62. The third-order valence-electron chi connectivity index (χ3n) is 2.24. The first kappa shape index (κ1) is 10.4. The van der Waals surface area contributed by atoms with Crippen molar-refractivity contribution < 1.29 is 13.0 Å². The minimum Gasteiger partial charge on any atom is -0.419 e. The van der Waals surface area contributed by atoms with E-state index in [1.54, 1.807) is 14.2 Å². The highest BCUT2D eigenvalue weighted by Gasteiger charge is 2.21. The van der Waals surface area contributed by atoms with Gasteiger partial charge in [0, 0.05) is 14.2 Å². The molecule has 5 heteroatoms. The second-order valence-electron chi connectivity index (χ2n) is 3.12. The minimum absolute atomic E-state index is 0.386. The molecule has 0 saturated heterocycles. The molecule has 12 heavy (non-hydrogen) atoms. The molecule has 0 aliphatic heterocycles. The highest BCUT2D eigenvalue weighted by molar-refractivity contribution is 6.48. The molecule has 1 radical (unpaired) electrons. The summed E-state index contributed by atoms with van der Waals surface area (Å²) >= 11 is 0. The molecule has 0 aromatic carbocycles. The van der Waals surface area contributed by atoms with Crippen LogP contribution in [0.4, 0.5) is 0 Å². The van der Waals surface area contributed by atoms with Crippen LogP contribution in [0.25, 0.3) is 0 Å². The average Bonchev–Trinajstić information content (AvgIpc) is 2.59. The summed E-state index contributed by atoms with van der Waals surface area (Å²) in [6, 6.07) is 0. The first-order valence-corrected chi connectivity index (χ1v) is 7.06. The van der Waals surface area contributed by atoms with E-state index in [1.807, 2.05) is 0 Å². The van der Waals surface area contributed by atoms with E-state index in [-0.39, 0.29) is 9.76 Å². The molecule has 0 aromatic heterocycles. The van der Waals surface area contributed by atoms with Crippen molar-refractivity contribution >= 4 is 19.3 Å². The van der Waals surface area contributed by atoms with Crippen LogP contribution in [0.2, 0.25) is 5.54 Å². The summed E-state index contributed by atoms with van der Waals surface area (Å²) in [6.07, 6.45) is 5.52. The molecule has 1 rings (SSSR count).